The van der Waals surface area contributed by atoms with Gasteiger partial charge in [0.2, 0.25) is 0 Å². The van der Waals surface area contributed by atoms with Gasteiger partial charge < -0.3 is 8.92 Å². The van der Waals surface area contributed by atoms with Crippen LogP contribution >= 0.6 is 0 Å². The highest BCUT2D eigenvalue weighted by molar-refractivity contribution is 7.87. The van der Waals surface area contributed by atoms with Crippen molar-refractivity contribution in [2.45, 2.75) is 31.2 Å². The fourth-order valence-electron chi connectivity index (χ4n) is 3.97. The molecule has 0 aliphatic heterocycles. The van der Waals surface area contributed by atoms with Gasteiger partial charge in [-0.15, -0.1) is 0 Å². The Labute approximate surface area is 194 Å². The summed E-state index contributed by atoms with van der Waals surface area (Å²) in [5.41, 5.74) is -2.92. The van der Waals surface area contributed by atoms with Gasteiger partial charge in [0.15, 0.2) is 0 Å². The van der Waals surface area contributed by atoms with Crippen LogP contribution in [0, 0.1) is 0 Å². The van der Waals surface area contributed by atoms with E-state index in [0.29, 0.717) is 28.5 Å². The summed E-state index contributed by atoms with van der Waals surface area (Å²) >= 11 is 0. The van der Waals surface area contributed by atoms with Crippen LogP contribution in [0.25, 0.3) is 27.7 Å². The van der Waals surface area contributed by atoms with Crippen LogP contribution in [0.2, 0.25) is 0 Å². The largest absolute Gasteiger partial charge is 0.534 e. The molecule has 0 spiro atoms. The lowest BCUT2D eigenvalue weighted by atomic mass is 9.74. The van der Waals surface area contributed by atoms with Crippen molar-refractivity contribution in [2.75, 3.05) is 7.11 Å². The maximum Gasteiger partial charge on any atom is 0.534 e. The van der Waals surface area contributed by atoms with Crippen LogP contribution in [0.1, 0.15) is 41.8 Å². The third-order valence-corrected chi connectivity index (χ3v) is 6.86. The first-order valence-electron chi connectivity index (χ1n) is 10.3. The second kappa shape index (κ2) is 8.16. The fraction of sp³-hybridized carbons (Fsp3) is 0.240. The quantitative estimate of drug-likeness (QED) is 0.248. The van der Waals surface area contributed by atoms with Crippen molar-refractivity contribution in [3.8, 4) is 11.1 Å². The Hall–Kier alpha value is -3.33. The van der Waals surface area contributed by atoms with Gasteiger partial charge in [-0.1, -0.05) is 38.1 Å². The standard InChI is InChI=1S/C25H21F3O5S/c1-24(2)11-10-22(33-34(30,31)25(26,27)28)20-13-19-12-17(8-9-18(19)14-21(20)24)15-4-6-16(7-5-15)23(29)32-3/h4-10,12-14H,11H2,1-3H3. The van der Waals surface area contributed by atoms with Crippen molar-refractivity contribution in [2.24, 2.45) is 0 Å². The number of allylic oxidation sites excluding steroid dienone is 1. The summed E-state index contributed by atoms with van der Waals surface area (Å²) in [6.07, 6.45) is 1.70. The van der Waals surface area contributed by atoms with Crippen LogP contribution in [0.4, 0.5) is 13.2 Å². The fourth-order valence-corrected chi connectivity index (χ4v) is 4.46. The van der Waals surface area contributed by atoms with Crippen LogP contribution < -0.4 is 0 Å². The van der Waals surface area contributed by atoms with Crippen LogP contribution in [-0.4, -0.2) is 27.0 Å². The number of alkyl halides is 3. The molecule has 1 aliphatic rings. The minimum absolute atomic E-state index is 0.301. The molecule has 0 atom stereocenters. The highest BCUT2D eigenvalue weighted by Gasteiger charge is 2.49. The van der Waals surface area contributed by atoms with Gasteiger partial charge in [-0.3, -0.25) is 0 Å². The summed E-state index contributed by atoms with van der Waals surface area (Å²) < 4.78 is 71.4. The monoisotopic (exact) mass is 490 g/mol. The molecule has 0 heterocycles. The summed E-state index contributed by atoms with van der Waals surface area (Å²) in [7, 11) is -4.50. The Balaban J connectivity index is 1.80. The van der Waals surface area contributed by atoms with Crippen LogP contribution in [0.15, 0.2) is 60.7 Å². The molecule has 9 heteroatoms. The Kier molecular flexibility index (Phi) is 5.72. The molecular formula is C25H21F3O5S. The van der Waals surface area contributed by atoms with E-state index in [1.54, 1.807) is 30.3 Å². The normalized spacial score (nSPS) is 15.4. The number of carbonyl (C=O) groups excluding carboxylic acids is 1. The minimum atomic E-state index is -5.80. The molecule has 1 aliphatic carbocycles. The van der Waals surface area contributed by atoms with Crippen molar-refractivity contribution >= 4 is 32.6 Å². The molecule has 4 rings (SSSR count). The first kappa shape index (κ1) is 23.8. The number of halogens is 3. The van der Waals surface area contributed by atoms with Gasteiger partial charge in [-0.2, -0.15) is 21.6 Å². The Bertz CT molecular complexity index is 1420. The predicted octanol–water partition coefficient (Wildman–Crippen LogP) is 6.18. The zero-order valence-electron chi connectivity index (χ0n) is 18.6. The molecule has 0 saturated carbocycles. The smallest absolute Gasteiger partial charge is 0.465 e. The molecule has 0 saturated heterocycles. The second-order valence-corrected chi connectivity index (χ2v) is 10.2. The third-order valence-electron chi connectivity index (χ3n) is 5.89. The van der Waals surface area contributed by atoms with Crippen LogP contribution in [0.5, 0.6) is 0 Å². The number of carbonyl (C=O) groups is 1. The number of hydrogen-bond donors (Lipinski definition) is 0. The summed E-state index contributed by atoms with van der Waals surface area (Å²) in [6, 6.07) is 15.9. The molecule has 0 radical (unpaired) electrons. The number of methoxy groups -OCH3 is 1. The van der Waals surface area contributed by atoms with E-state index in [9.17, 15) is 26.4 Å². The Morgan fingerprint density at radius 1 is 0.941 bits per heavy atom. The molecule has 0 N–H and O–H groups in total. The van der Waals surface area contributed by atoms with E-state index >= 15 is 0 Å². The molecular weight excluding hydrogens is 469 g/mol. The average Bonchev–Trinajstić information content (AvgIpc) is 2.78. The summed E-state index contributed by atoms with van der Waals surface area (Å²) in [6.45, 7) is 3.86. The SMILES string of the molecule is COC(=O)c1ccc(-c2ccc3cc4c(cc3c2)C(OS(=O)(=O)C(F)(F)F)=CCC4(C)C)cc1. The molecule has 0 fully saturated rings. The predicted molar refractivity (Wildman–Crippen MR) is 122 cm³/mol. The lowest BCUT2D eigenvalue weighted by Gasteiger charge is -2.32. The molecule has 5 nitrogen and oxygen atoms in total. The van der Waals surface area contributed by atoms with Gasteiger partial charge in [0.1, 0.15) is 5.76 Å². The second-order valence-electron chi connectivity index (χ2n) is 8.67. The lowest BCUT2D eigenvalue weighted by molar-refractivity contribution is -0.0509. The van der Waals surface area contributed by atoms with Crippen molar-refractivity contribution in [1.29, 1.82) is 0 Å². The van der Waals surface area contributed by atoms with E-state index in [1.807, 2.05) is 38.1 Å². The van der Waals surface area contributed by atoms with Gasteiger partial charge in [-0.05, 0) is 75.7 Å². The molecule has 34 heavy (non-hydrogen) atoms. The number of hydrogen-bond acceptors (Lipinski definition) is 5. The number of benzene rings is 3. The van der Waals surface area contributed by atoms with Gasteiger partial charge in [-0.25, -0.2) is 4.79 Å². The molecule has 0 bridgehead atoms. The van der Waals surface area contributed by atoms with E-state index < -0.39 is 27.0 Å². The van der Waals surface area contributed by atoms with Crippen LogP contribution in [-0.2, 0) is 24.5 Å². The molecule has 3 aromatic carbocycles. The number of esters is 1. The van der Waals surface area contributed by atoms with Gasteiger partial charge in [0.05, 0.1) is 12.7 Å². The molecule has 0 aromatic heterocycles. The van der Waals surface area contributed by atoms with E-state index in [-0.39, 0.29) is 5.76 Å². The minimum Gasteiger partial charge on any atom is -0.465 e. The summed E-state index contributed by atoms with van der Waals surface area (Å²) in [4.78, 5) is 11.7. The highest BCUT2D eigenvalue weighted by Crippen LogP contribution is 2.43. The van der Waals surface area contributed by atoms with Crippen molar-refractivity contribution in [3.63, 3.8) is 0 Å². The number of ether oxygens (including phenoxy) is 1. The summed E-state index contributed by atoms with van der Waals surface area (Å²) in [5, 5.41) is 1.55. The Morgan fingerprint density at radius 3 is 2.21 bits per heavy atom. The lowest BCUT2D eigenvalue weighted by Crippen LogP contribution is -2.27. The van der Waals surface area contributed by atoms with Crippen LogP contribution in [0.3, 0.4) is 0 Å². The maximum atomic E-state index is 12.9. The van der Waals surface area contributed by atoms with Gasteiger partial charge in [0.25, 0.3) is 0 Å². The molecule has 178 valence electrons. The topological polar surface area (TPSA) is 69.7 Å². The number of fused-ring (bicyclic) bond motifs is 2. The van der Waals surface area contributed by atoms with Gasteiger partial charge in [0, 0.05) is 5.56 Å². The van der Waals surface area contributed by atoms with E-state index in [2.05, 4.69) is 4.18 Å². The van der Waals surface area contributed by atoms with Crippen molar-refractivity contribution < 1.29 is 35.3 Å². The van der Waals surface area contributed by atoms with E-state index in [4.69, 9.17) is 4.74 Å². The number of rotatable bonds is 4. The first-order valence-corrected chi connectivity index (χ1v) is 11.7. The first-order chi connectivity index (χ1) is 15.8. The zero-order valence-corrected chi connectivity index (χ0v) is 19.4. The third kappa shape index (κ3) is 4.27. The molecule has 0 amide bonds. The Morgan fingerprint density at radius 2 is 1.59 bits per heavy atom. The average molecular weight is 490 g/mol. The van der Waals surface area contributed by atoms with Crippen molar-refractivity contribution in [1.82, 2.24) is 0 Å². The zero-order chi connectivity index (χ0) is 24.9. The molecule has 3 aromatic rings. The maximum absolute atomic E-state index is 12.9. The highest BCUT2D eigenvalue weighted by atomic mass is 32.2. The molecule has 0 unspecified atom stereocenters. The van der Waals surface area contributed by atoms with Crippen molar-refractivity contribution in [3.05, 3.63) is 77.4 Å². The summed E-state index contributed by atoms with van der Waals surface area (Å²) in [5.74, 6) is -0.784. The van der Waals surface area contributed by atoms with Gasteiger partial charge >= 0.3 is 21.6 Å². The van der Waals surface area contributed by atoms with E-state index in [0.717, 1.165) is 16.5 Å². The van der Waals surface area contributed by atoms with E-state index in [1.165, 1.54) is 13.2 Å².